The molecule has 0 saturated carbocycles. The first kappa shape index (κ1) is 11.3. The third kappa shape index (κ3) is 4.86. The predicted octanol–water partition coefficient (Wildman–Crippen LogP) is 0.00560. The number of aliphatic hydroxyl groups is 1. The number of hydrogen-bond acceptors (Lipinski definition) is 4. The van der Waals surface area contributed by atoms with Gasteiger partial charge in [0.2, 0.25) is 0 Å². The summed E-state index contributed by atoms with van der Waals surface area (Å²) in [7, 11) is 0. The molecule has 0 aliphatic carbocycles. The van der Waals surface area contributed by atoms with E-state index < -0.39 is 0 Å². The lowest BCUT2D eigenvalue weighted by Crippen LogP contribution is -2.46. The van der Waals surface area contributed by atoms with Crippen LogP contribution in [0.15, 0.2) is 0 Å². The van der Waals surface area contributed by atoms with Crippen LogP contribution in [-0.2, 0) is 0 Å². The fourth-order valence-corrected chi connectivity index (χ4v) is 2.11. The molecule has 1 unspecified atom stereocenters. The first-order chi connectivity index (χ1) is 6.33. The van der Waals surface area contributed by atoms with Crippen molar-refractivity contribution in [2.45, 2.75) is 13.0 Å². The average molecular weight is 204 g/mol. The smallest absolute Gasteiger partial charge is 0.0757 e. The number of nitrogens with one attached hydrogen (secondary N) is 1. The van der Waals surface area contributed by atoms with Crippen LogP contribution in [0.4, 0.5) is 0 Å². The first-order valence-electron chi connectivity index (χ1n) is 5.01. The van der Waals surface area contributed by atoms with Gasteiger partial charge in [-0.2, -0.15) is 11.8 Å². The zero-order valence-corrected chi connectivity index (χ0v) is 9.15. The molecule has 3 nitrogen and oxygen atoms in total. The van der Waals surface area contributed by atoms with Gasteiger partial charge in [0, 0.05) is 38.5 Å². The Morgan fingerprint density at radius 2 is 2.15 bits per heavy atom. The van der Waals surface area contributed by atoms with Crippen LogP contribution in [-0.4, -0.2) is 60.3 Å². The Morgan fingerprint density at radius 1 is 1.46 bits per heavy atom. The van der Waals surface area contributed by atoms with Gasteiger partial charge in [-0.25, -0.2) is 0 Å². The van der Waals surface area contributed by atoms with E-state index in [-0.39, 0.29) is 6.10 Å². The van der Waals surface area contributed by atoms with E-state index in [4.69, 9.17) is 0 Å². The molecule has 2 N–H and O–H groups in total. The average Bonchev–Trinajstić information content (AvgIpc) is 2.16. The molecular weight excluding hydrogens is 184 g/mol. The van der Waals surface area contributed by atoms with E-state index in [1.165, 1.54) is 0 Å². The van der Waals surface area contributed by atoms with Gasteiger partial charge in [-0.05, 0) is 5.75 Å². The second-order valence-electron chi connectivity index (χ2n) is 3.36. The lowest BCUT2D eigenvalue weighted by Gasteiger charge is -2.28. The van der Waals surface area contributed by atoms with Gasteiger partial charge in [0.15, 0.2) is 0 Å². The number of β-amino-alcohol motifs (C(OH)–C–C–N with tert-alkyl or cyclic N) is 1. The molecule has 0 aromatic carbocycles. The lowest BCUT2D eigenvalue weighted by atomic mass is 10.3. The molecule has 1 saturated heterocycles. The van der Waals surface area contributed by atoms with E-state index in [0.29, 0.717) is 0 Å². The first-order valence-corrected chi connectivity index (χ1v) is 6.17. The van der Waals surface area contributed by atoms with Crippen molar-refractivity contribution >= 4 is 11.8 Å². The molecule has 1 rings (SSSR count). The Bertz CT molecular complexity index is 129. The molecule has 0 radical (unpaired) electrons. The SMILES string of the molecule is CCSCC(O)CN1CCNCC1. The molecule has 1 heterocycles. The molecule has 78 valence electrons. The maximum absolute atomic E-state index is 9.65. The van der Waals surface area contributed by atoms with Gasteiger partial charge < -0.3 is 10.4 Å². The summed E-state index contributed by atoms with van der Waals surface area (Å²) in [6.07, 6.45) is -0.150. The molecule has 0 spiro atoms. The molecule has 1 aliphatic rings. The van der Waals surface area contributed by atoms with Gasteiger partial charge in [0.1, 0.15) is 0 Å². The van der Waals surface area contributed by atoms with Crippen molar-refractivity contribution in [1.29, 1.82) is 0 Å². The lowest BCUT2D eigenvalue weighted by molar-refractivity contribution is 0.121. The van der Waals surface area contributed by atoms with E-state index in [1.54, 1.807) is 0 Å². The fourth-order valence-electron chi connectivity index (χ4n) is 1.50. The summed E-state index contributed by atoms with van der Waals surface area (Å²) in [5, 5.41) is 13.0. The largest absolute Gasteiger partial charge is 0.391 e. The maximum atomic E-state index is 9.65. The summed E-state index contributed by atoms with van der Waals surface area (Å²) < 4.78 is 0. The normalized spacial score (nSPS) is 21.7. The number of rotatable bonds is 5. The summed E-state index contributed by atoms with van der Waals surface area (Å²) >= 11 is 1.81. The van der Waals surface area contributed by atoms with E-state index in [2.05, 4.69) is 17.1 Å². The summed E-state index contributed by atoms with van der Waals surface area (Å²) in [6, 6.07) is 0. The molecule has 0 amide bonds. The third-order valence-electron chi connectivity index (χ3n) is 2.19. The monoisotopic (exact) mass is 204 g/mol. The van der Waals surface area contributed by atoms with E-state index in [1.807, 2.05) is 11.8 Å². The highest BCUT2D eigenvalue weighted by Gasteiger charge is 2.13. The van der Waals surface area contributed by atoms with Crippen molar-refractivity contribution in [3.05, 3.63) is 0 Å². The second kappa shape index (κ2) is 6.65. The molecule has 0 aromatic heterocycles. The van der Waals surface area contributed by atoms with Crippen LogP contribution in [0.25, 0.3) is 0 Å². The minimum Gasteiger partial charge on any atom is -0.391 e. The van der Waals surface area contributed by atoms with Crippen LogP contribution in [0, 0.1) is 0 Å². The summed E-state index contributed by atoms with van der Waals surface area (Å²) in [5.41, 5.74) is 0. The third-order valence-corrected chi connectivity index (χ3v) is 3.22. The van der Waals surface area contributed by atoms with Gasteiger partial charge >= 0.3 is 0 Å². The topological polar surface area (TPSA) is 35.5 Å². The van der Waals surface area contributed by atoms with Crippen molar-refractivity contribution in [2.75, 3.05) is 44.2 Å². The maximum Gasteiger partial charge on any atom is 0.0757 e. The van der Waals surface area contributed by atoms with Crippen LogP contribution >= 0.6 is 11.8 Å². The molecule has 0 bridgehead atoms. The van der Waals surface area contributed by atoms with Crippen LogP contribution < -0.4 is 5.32 Å². The van der Waals surface area contributed by atoms with E-state index in [9.17, 15) is 5.11 Å². The zero-order chi connectivity index (χ0) is 9.52. The van der Waals surface area contributed by atoms with Crippen molar-refractivity contribution in [3.8, 4) is 0 Å². The van der Waals surface area contributed by atoms with E-state index in [0.717, 1.165) is 44.2 Å². The molecule has 0 aromatic rings. The highest BCUT2D eigenvalue weighted by molar-refractivity contribution is 7.99. The van der Waals surface area contributed by atoms with Crippen LogP contribution in [0.5, 0.6) is 0 Å². The predicted molar refractivity (Wildman–Crippen MR) is 58.3 cm³/mol. The van der Waals surface area contributed by atoms with Crippen molar-refractivity contribution in [3.63, 3.8) is 0 Å². The Kier molecular flexibility index (Phi) is 5.78. The molecule has 4 heteroatoms. The molecule has 1 atom stereocenters. The number of aliphatic hydroxyl groups excluding tert-OH is 1. The number of nitrogens with zero attached hydrogens (tertiary/aromatic N) is 1. The van der Waals surface area contributed by atoms with Crippen molar-refractivity contribution < 1.29 is 5.11 Å². The molecule has 1 aliphatic heterocycles. The van der Waals surface area contributed by atoms with Crippen LogP contribution in [0.3, 0.4) is 0 Å². The quantitative estimate of drug-likeness (QED) is 0.661. The number of piperazine rings is 1. The molecule has 1 fully saturated rings. The highest BCUT2D eigenvalue weighted by Crippen LogP contribution is 2.04. The standard InChI is InChI=1S/C9H20N2OS/c1-2-13-8-9(12)7-11-5-3-10-4-6-11/h9-10,12H,2-8H2,1H3. The fraction of sp³-hybridized carbons (Fsp3) is 1.00. The number of thioether (sulfide) groups is 1. The van der Waals surface area contributed by atoms with Gasteiger partial charge in [-0.15, -0.1) is 0 Å². The van der Waals surface area contributed by atoms with Crippen molar-refractivity contribution in [2.24, 2.45) is 0 Å². The summed E-state index contributed by atoms with van der Waals surface area (Å²) in [4.78, 5) is 2.33. The van der Waals surface area contributed by atoms with Crippen molar-refractivity contribution in [1.82, 2.24) is 10.2 Å². The minimum absolute atomic E-state index is 0.150. The Hall–Kier alpha value is 0.230. The van der Waals surface area contributed by atoms with Gasteiger partial charge in [-0.1, -0.05) is 6.92 Å². The molecule has 13 heavy (non-hydrogen) atoms. The summed E-state index contributed by atoms with van der Waals surface area (Å²) in [6.45, 7) is 7.25. The Labute approximate surface area is 84.9 Å². The molecular formula is C9H20N2OS. The van der Waals surface area contributed by atoms with Gasteiger partial charge in [0.25, 0.3) is 0 Å². The second-order valence-corrected chi connectivity index (χ2v) is 4.68. The van der Waals surface area contributed by atoms with Gasteiger partial charge in [-0.3, -0.25) is 4.90 Å². The zero-order valence-electron chi connectivity index (χ0n) is 8.33. The minimum atomic E-state index is -0.150. The summed E-state index contributed by atoms with van der Waals surface area (Å²) in [5.74, 6) is 1.97. The Morgan fingerprint density at radius 3 is 2.77 bits per heavy atom. The van der Waals surface area contributed by atoms with E-state index >= 15 is 0 Å². The highest BCUT2D eigenvalue weighted by atomic mass is 32.2. The number of hydrogen-bond donors (Lipinski definition) is 2. The van der Waals surface area contributed by atoms with Gasteiger partial charge in [0.05, 0.1) is 6.10 Å². The Balaban J connectivity index is 2.07. The van der Waals surface area contributed by atoms with Crippen LogP contribution in [0.2, 0.25) is 0 Å². The van der Waals surface area contributed by atoms with Crippen LogP contribution in [0.1, 0.15) is 6.92 Å².